The summed E-state index contributed by atoms with van der Waals surface area (Å²) >= 11 is 0. The van der Waals surface area contributed by atoms with E-state index < -0.39 is 0 Å². The van der Waals surface area contributed by atoms with Gasteiger partial charge >= 0.3 is 0 Å². The van der Waals surface area contributed by atoms with E-state index in [0.717, 1.165) is 29.3 Å². The van der Waals surface area contributed by atoms with E-state index in [1.54, 1.807) is 7.11 Å². The van der Waals surface area contributed by atoms with Crippen LogP contribution in [-0.4, -0.2) is 42.1 Å². The highest BCUT2D eigenvalue weighted by atomic mass is 16.5. The minimum atomic E-state index is 0.0888. The molecule has 1 amide bonds. The second-order valence-electron chi connectivity index (χ2n) is 5.21. The Hall–Kier alpha value is -1.81. The van der Waals surface area contributed by atoms with Crippen LogP contribution in [0, 0.1) is 0 Å². The number of carbonyl (C=O) groups excluding carboxylic acids is 1. The summed E-state index contributed by atoms with van der Waals surface area (Å²) in [5, 5.41) is 0.982. The first-order valence-electron chi connectivity index (χ1n) is 7.58. The number of methoxy groups -OCH3 is 1. The Kier molecular flexibility index (Phi) is 5.39. The molecular weight excluding hydrogens is 264 g/mol. The van der Waals surface area contributed by atoms with Crippen molar-refractivity contribution in [1.82, 2.24) is 9.88 Å². The van der Waals surface area contributed by atoms with Gasteiger partial charge in [-0.3, -0.25) is 4.79 Å². The molecule has 0 unspecified atom stereocenters. The molecular formula is C17H24N2O2. The summed E-state index contributed by atoms with van der Waals surface area (Å²) in [6.45, 7) is 5.43. The molecule has 0 atom stereocenters. The van der Waals surface area contributed by atoms with Gasteiger partial charge in [0, 0.05) is 42.4 Å². The molecule has 1 aromatic carbocycles. The van der Waals surface area contributed by atoms with Gasteiger partial charge < -0.3 is 14.6 Å². The lowest BCUT2D eigenvalue weighted by Gasteiger charge is -2.30. The Labute approximate surface area is 126 Å². The summed E-state index contributed by atoms with van der Waals surface area (Å²) in [6, 6.07) is 8.03. The van der Waals surface area contributed by atoms with E-state index in [1.165, 1.54) is 0 Å². The van der Waals surface area contributed by atoms with Crippen molar-refractivity contribution in [2.24, 2.45) is 0 Å². The van der Waals surface area contributed by atoms with E-state index >= 15 is 0 Å². The lowest BCUT2D eigenvalue weighted by molar-refractivity contribution is 0.0591. The van der Waals surface area contributed by atoms with Crippen LogP contribution < -0.4 is 0 Å². The minimum Gasteiger partial charge on any atom is -0.383 e. The first kappa shape index (κ1) is 15.6. The highest BCUT2D eigenvalue weighted by Gasteiger charge is 2.23. The molecule has 0 fully saturated rings. The average molecular weight is 288 g/mol. The second kappa shape index (κ2) is 7.27. The van der Waals surface area contributed by atoms with Crippen LogP contribution in [0.5, 0.6) is 0 Å². The highest BCUT2D eigenvalue weighted by Crippen LogP contribution is 2.21. The number of carbonyl (C=O) groups is 1. The monoisotopic (exact) mass is 288 g/mol. The smallest absolute Gasteiger partial charge is 0.254 e. The van der Waals surface area contributed by atoms with Gasteiger partial charge in [0.15, 0.2) is 0 Å². The number of aromatic amines is 1. The molecule has 0 bridgehead atoms. The first-order chi connectivity index (χ1) is 10.2. The molecule has 0 saturated carbocycles. The molecule has 0 saturated heterocycles. The summed E-state index contributed by atoms with van der Waals surface area (Å²) in [7, 11) is 1.67. The number of rotatable bonds is 7. The Balaban J connectivity index is 2.34. The van der Waals surface area contributed by atoms with Crippen LogP contribution in [0.2, 0.25) is 0 Å². The predicted molar refractivity (Wildman–Crippen MR) is 85.6 cm³/mol. The van der Waals surface area contributed by atoms with Gasteiger partial charge in [-0.25, -0.2) is 0 Å². The van der Waals surface area contributed by atoms with Crippen LogP contribution in [-0.2, 0) is 4.74 Å². The molecule has 1 N–H and O–H groups in total. The summed E-state index contributed by atoms with van der Waals surface area (Å²) in [4.78, 5) is 18.1. The Morgan fingerprint density at radius 3 is 2.71 bits per heavy atom. The number of nitrogens with zero attached hydrogens (tertiary/aromatic N) is 1. The number of amides is 1. The molecule has 0 spiro atoms. The van der Waals surface area contributed by atoms with Crippen molar-refractivity contribution in [3.8, 4) is 0 Å². The van der Waals surface area contributed by atoms with E-state index in [2.05, 4.69) is 18.8 Å². The zero-order valence-electron chi connectivity index (χ0n) is 13.1. The standard InChI is InChI=1S/C17H24N2O2/c1-4-13(5-2)19(11-12-21-3)17(20)15-7-6-8-16-14(15)9-10-18-16/h6-10,13,18H,4-5,11-12H2,1-3H3. The van der Waals surface area contributed by atoms with Crippen molar-refractivity contribution >= 4 is 16.8 Å². The van der Waals surface area contributed by atoms with Gasteiger partial charge in [-0.05, 0) is 31.0 Å². The van der Waals surface area contributed by atoms with Gasteiger partial charge in [-0.15, -0.1) is 0 Å². The average Bonchev–Trinajstić information content (AvgIpc) is 2.99. The third-order valence-corrected chi connectivity index (χ3v) is 4.01. The van der Waals surface area contributed by atoms with Gasteiger partial charge in [0.05, 0.1) is 6.61 Å². The SMILES string of the molecule is CCC(CC)N(CCOC)C(=O)c1cccc2[nH]ccc12. The quantitative estimate of drug-likeness (QED) is 0.848. The minimum absolute atomic E-state index is 0.0888. The molecule has 114 valence electrons. The fourth-order valence-corrected chi connectivity index (χ4v) is 2.80. The lowest BCUT2D eigenvalue weighted by Crippen LogP contribution is -2.41. The molecule has 0 radical (unpaired) electrons. The van der Waals surface area contributed by atoms with Crippen molar-refractivity contribution in [2.75, 3.05) is 20.3 Å². The number of hydrogen-bond donors (Lipinski definition) is 1. The fourth-order valence-electron chi connectivity index (χ4n) is 2.80. The largest absolute Gasteiger partial charge is 0.383 e. The van der Waals surface area contributed by atoms with Crippen LogP contribution in [0.15, 0.2) is 30.5 Å². The Morgan fingerprint density at radius 1 is 1.29 bits per heavy atom. The summed E-state index contributed by atoms with van der Waals surface area (Å²) < 4.78 is 5.17. The van der Waals surface area contributed by atoms with Crippen LogP contribution in [0.4, 0.5) is 0 Å². The van der Waals surface area contributed by atoms with Gasteiger partial charge in [-0.1, -0.05) is 19.9 Å². The number of aromatic nitrogens is 1. The molecule has 0 aliphatic carbocycles. The van der Waals surface area contributed by atoms with Crippen LogP contribution in [0.3, 0.4) is 0 Å². The first-order valence-corrected chi connectivity index (χ1v) is 7.58. The molecule has 0 aliphatic rings. The predicted octanol–water partition coefficient (Wildman–Crippen LogP) is 3.45. The molecule has 21 heavy (non-hydrogen) atoms. The van der Waals surface area contributed by atoms with E-state index in [4.69, 9.17) is 4.74 Å². The molecule has 0 aliphatic heterocycles. The maximum Gasteiger partial charge on any atom is 0.254 e. The van der Waals surface area contributed by atoms with E-state index in [0.29, 0.717) is 13.2 Å². The second-order valence-corrected chi connectivity index (χ2v) is 5.21. The number of nitrogens with one attached hydrogen (secondary N) is 1. The fraction of sp³-hybridized carbons (Fsp3) is 0.471. The van der Waals surface area contributed by atoms with E-state index in [9.17, 15) is 4.79 Å². The Morgan fingerprint density at radius 2 is 2.05 bits per heavy atom. The number of benzene rings is 1. The molecule has 4 heteroatoms. The van der Waals surface area contributed by atoms with Crippen LogP contribution in [0.1, 0.15) is 37.0 Å². The molecule has 2 rings (SSSR count). The van der Waals surface area contributed by atoms with E-state index in [-0.39, 0.29) is 11.9 Å². The number of hydrogen-bond acceptors (Lipinski definition) is 2. The van der Waals surface area contributed by atoms with Crippen LogP contribution in [0.25, 0.3) is 10.9 Å². The van der Waals surface area contributed by atoms with Gasteiger partial charge in [0.1, 0.15) is 0 Å². The zero-order valence-corrected chi connectivity index (χ0v) is 13.1. The van der Waals surface area contributed by atoms with Crippen molar-refractivity contribution in [3.63, 3.8) is 0 Å². The summed E-state index contributed by atoms with van der Waals surface area (Å²) in [5.41, 5.74) is 1.76. The number of fused-ring (bicyclic) bond motifs is 1. The summed E-state index contributed by atoms with van der Waals surface area (Å²) in [6.07, 6.45) is 3.78. The zero-order chi connectivity index (χ0) is 15.2. The van der Waals surface area contributed by atoms with Crippen molar-refractivity contribution in [3.05, 3.63) is 36.0 Å². The van der Waals surface area contributed by atoms with Crippen molar-refractivity contribution < 1.29 is 9.53 Å². The van der Waals surface area contributed by atoms with E-state index in [1.807, 2.05) is 35.4 Å². The number of ether oxygens (including phenoxy) is 1. The highest BCUT2D eigenvalue weighted by molar-refractivity contribution is 6.06. The molecule has 4 nitrogen and oxygen atoms in total. The van der Waals surface area contributed by atoms with Gasteiger partial charge in [0.25, 0.3) is 5.91 Å². The van der Waals surface area contributed by atoms with Gasteiger partial charge in [-0.2, -0.15) is 0 Å². The molecule has 2 aromatic rings. The summed E-state index contributed by atoms with van der Waals surface area (Å²) in [5.74, 6) is 0.0888. The normalized spacial score (nSPS) is 11.2. The maximum absolute atomic E-state index is 13.0. The lowest BCUT2D eigenvalue weighted by atomic mass is 10.1. The Bertz CT molecular complexity index is 587. The third-order valence-electron chi connectivity index (χ3n) is 4.01. The van der Waals surface area contributed by atoms with Crippen LogP contribution >= 0.6 is 0 Å². The van der Waals surface area contributed by atoms with Crippen molar-refractivity contribution in [1.29, 1.82) is 0 Å². The molecule has 1 aromatic heterocycles. The van der Waals surface area contributed by atoms with Gasteiger partial charge in [0.2, 0.25) is 0 Å². The molecule has 1 heterocycles. The van der Waals surface area contributed by atoms with Crippen molar-refractivity contribution in [2.45, 2.75) is 32.7 Å². The third kappa shape index (κ3) is 3.27. The maximum atomic E-state index is 13.0. The number of H-pyrrole nitrogens is 1. The topological polar surface area (TPSA) is 45.3 Å².